The highest BCUT2D eigenvalue weighted by Crippen LogP contribution is 2.46. The molecule has 1 fully saturated rings. The lowest BCUT2D eigenvalue weighted by molar-refractivity contribution is 0.0336. The minimum atomic E-state index is -0.387. The molecule has 3 N–H and O–H groups in total. The highest BCUT2D eigenvalue weighted by molar-refractivity contribution is 5.13. The van der Waals surface area contributed by atoms with Crippen molar-refractivity contribution in [2.75, 3.05) is 6.54 Å². The first-order valence-corrected chi connectivity index (χ1v) is 6.85. The summed E-state index contributed by atoms with van der Waals surface area (Å²) in [6.07, 6.45) is 4.87. The normalized spacial score (nSPS) is 25.9. The van der Waals surface area contributed by atoms with Gasteiger partial charge in [-0.05, 0) is 36.3 Å². The Morgan fingerprint density at radius 2 is 2.28 bits per heavy atom. The van der Waals surface area contributed by atoms with Crippen molar-refractivity contribution in [1.29, 1.82) is 0 Å². The molecule has 3 heteroatoms. The molecule has 18 heavy (non-hydrogen) atoms. The summed E-state index contributed by atoms with van der Waals surface area (Å²) in [6.45, 7) is 4.95. The van der Waals surface area contributed by atoms with Crippen LogP contribution in [0.5, 0.6) is 0 Å². The van der Waals surface area contributed by atoms with Gasteiger partial charge in [0.1, 0.15) is 0 Å². The minimum absolute atomic E-state index is 0.0476. The van der Waals surface area contributed by atoms with Gasteiger partial charge >= 0.3 is 0 Å². The summed E-state index contributed by atoms with van der Waals surface area (Å²) in [4.78, 5) is 4.35. The molecule has 3 nitrogen and oxygen atoms in total. The molecule has 1 saturated carbocycles. The molecule has 1 aliphatic carbocycles. The fourth-order valence-corrected chi connectivity index (χ4v) is 3.30. The van der Waals surface area contributed by atoms with E-state index < -0.39 is 0 Å². The molecule has 0 bridgehead atoms. The van der Waals surface area contributed by atoms with Crippen LogP contribution in [0.4, 0.5) is 0 Å². The molecule has 1 aromatic rings. The standard InChI is InChI=1S/C15H24N2O/c1-15(2)8-5-6-12(15)14(18)11(10-16)13-7-3-4-9-17-13/h3-4,7,9,11-12,14,18H,5-6,8,10,16H2,1-2H3. The van der Waals surface area contributed by atoms with E-state index >= 15 is 0 Å². The molecule has 1 aliphatic rings. The summed E-state index contributed by atoms with van der Waals surface area (Å²) in [5.74, 6) is 0.279. The maximum atomic E-state index is 10.7. The molecule has 2 rings (SSSR count). The first kappa shape index (κ1) is 13.5. The molecule has 0 saturated heterocycles. The zero-order valence-corrected chi connectivity index (χ0v) is 11.3. The van der Waals surface area contributed by atoms with Gasteiger partial charge in [0, 0.05) is 24.4 Å². The second kappa shape index (κ2) is 5.37. The van der Waals surface area contributed by atoms with Crippen molar-refractivity contribution in [3.63, 3.8) is 0 Å². The van der Waals surface area contributed by atoms with Crippen LogP contribution < -0.4 is 5.73 Å². The number of aliphatic hydroxyl groups excluding tert-OH is 1. The van der Waals surface area contributed by atoms with Crippen LogP contribution in [-0.4, -0.2) is 22.7 Å². The molecule has 1 heterocycles. The molecule has 1 aromatic heterocycles. The third-order valence-corrected chi connectivity index (χ3v) is 4.49. The summed E-state index contributed by atoms with van der Waals surface area (Å²) in [7, 11) is 0. The lowest BCUT2D eigenvalue weighted by Gasteiger charge is -2.35. The van der Waals surface area contributed by atoms with Gasteiger partial charge in [0.15, 0.2) is 0 Å². The van der Waals surface area contributed by atoms with Crippen molar-refractivity contribution in [3.8, 4) is 0 Å². The number of nitrogens with two attached hydrogens (primary N) is 1. The number of nitrogens with zero attached hydrogens (tertiary/aromatic N) is 1. The van der Waals surface area contributed by atoms with Crippen molar-refractivity contribution in [2.24, 2.45) is 17.1 Å². The van der Waals surface area contributed by atoms with Gasteiger partial charge in [-0.15, -0.1) is 0 Å². The van der Waals surface area contributed by atoms with E-state index in [1.807, 2.05) is 18.2 Å². The van der Waals surface area contributed by atoms with E-state index in [1.165, 1.54) is 12.8 Å². The average molecular weight is 248 g/mol. The molecule has 3 unspecified atom stereocenters. The monoisotopic (exact) mass is 248 g/mol. The first-order chi connectivity index (χ1) is 8.56. The maximum Gasteiger partial charge on any atom is 0.0669 e. The molecule has 0 spiro atoms. The van der Waals surface area contributed by atoms with Gasteiger partial charge in [-0.3, -0.25) is 4.98 Å². The Kier molecular flexibility index (Phi) is 4.03. The molecule has 0 aromatic carbocycles. The van der Waals surface area contributed by atoms with E-state index in [0.717, 1.165) is 12.1 Å². The second-order valence-electron chi connectivity index (χ2n) is 6.07. The van der Waals surface area contributed by atoms with E-state index in [1.54, 1.807) is 6.20 Å². The zero-order chi connectivity index (χ0) is 13.2. The second-order valence-corrected chi connectivity index (χ2v) is 6.07. The van der Waals surface area contributed by atoms with Gasteiger partial charge < -0.3 is 10.8 Å². The maximum absolute atomic E-state index is 10.7. The van der Waals surface area contributed by atoms with Crippen molar-refractivity contribution < 1.29 is 5.11 Å². The van der Waals surface area contributed by atoms with E-state index in [-0.39, 0.29) is 17.4 Å². The van der Waals surface area contributed by atoms with Gasteiger partial charge in [-0.2, -0.15) is 0 Å². The lowest BCUT2D eigenvalue weighted by Crippen LogP contribution is -2.37. The third kappa shape index (κ3) is 2.57. The highest BCUT2D eigenvalue weighted by atomic mass is 16.3. The van der Waals surface area contributed by atoms with E-state index in [4.69, 9.17) is 5.73 Å². The average Bonchev–Trinajstić information content (AvgIpc) is 2.71. The van der Waals surface area contributed by atoms with Crippen LogP contribution in [0, 0.1) is 11.3 Å². The molecular weight excluding hydrogens is 224 g/mol. The van der Waals surface area contributed by atoms with Gasteiger partial charge in [-0.25, -0.2) is 0 Å². The summed E-state index contributed by atoms with van der Waals surface area (Å²) >= 11 is 0. The van der Waals surface area contributed by atoms with Crippen LogP contribution in [0.1, 0.15) is 44.7 Å². The quantitative estimate of drug-likeness (QED) is 0.859. The Balaban J connectivity index is 2.18. The van der Waals surface area contributed by atoms with Crippen molar-refractivity contribution >= 4 is 0 Å². The molecule has 3 atom stereocenters. The van der Waals surface area contributed by atoms with Gasteiger partial charge in [0.25, 0.3) is 0 Å². The van der Waals surface area contributed by atoms with Crippen molar-refractivity contribution in [3.05, 3.63) is 30.1 Å². The van der Waals surface area contributed by atoms with E-state index in [0.29, 0.717) is 12.5 Å². The third-order valence-electron chi connectivity index (χ3n) is 4.49. The number of hydrogen-bond donors (Lipinski definition) is 2. The molecule has 0 amide bonds. The van der Waals surface area contributed by atoms with E-state index in [2.05, 4.69) is 18.8 Å². The van der Waals surface area contributed by atoms with Gasteiger partial charge in [-0.1, -0.05) is 26.3 Å². The van der Waals surface area contributed by atoms with Crippen molar-refractivity contribution in [1.82, 2.24) is 4.98 Å². The number of aromatic nitrogens is 1. The van der Waals surface area contributed by atoms with Crippen LogP contribution in [0.2, 0.25) is 0 Å². The SMILES string of the molecule is CC1(C)CCCC1C(O)C(CN)c1ccccn1. The molecule has 0 radical (unpaired) electrons. The summed E-state index contributed by atoms with van der Waals surface area (Å²) in [5, 5.41) is 10.7. The minimum Gasteiger partial charge on any atom is -0.392 e. The number of hydrogen-bond acceptors (Lipinski definition) is 3. The van der Waals surface area contributed by atoms with Crippen LogP contribution in [0.15, 0.2) is 24.4 Å². The number of rotatable bonds is 4. The van der Waals surface area contributed by atoms with Crippen LogP contribution >= 0.6 is 0 Å². The summed E-state index contributed by atoms with van der Waals surface area (Å²) in [5.41, 5.74) is 6.98. The summed E-state index contributed by atoms with van der Waals surface area (Å²) in [6, 6.07) is 5.81. The van der Waals surface area contributed by atoms with Crippen LogP contribution in [0.3, 0.4) is 0 Å². The lowest BCUT2D eigenvalue weighted by atomic mass is 9.74. The Bertz CT molecular complexity index is 377. The fraction of sp³-hybridized carbons (Fsp3) is 0.667. The molecular formula is C15H24N2O. The largest absolute Gasteiger partial charge is 0.392 e. The molecule has 100 valence electrons. The fourth-order valence-electron chi connectivity index (χ4n) is 3.30. The topological polar surface area (TPSA) is 59.1 Å². The molecule has 0 aliphatic heterocycles. The van der Waals surface area contributed by atoms with Crippen molar-refractivity contribution in [2.45, 2.75) is 45.1 Å². The van der Waals surface area contributed by atoms with Crippen LogP contribution in [-0.2, 0) is 0 Å². The predicted molar refractivity (Wildman–Crippen MR) is 73.2 cm³/mol. The highest BCUT2D eigenvalue weighted by Gasteiger charge is 2.41. The Morgan fingerprint density at radius 3 is 2.78 bits per heavy atom. The van der Waals surface area contributed by atoms with Gasteiger partial charge in [0.2, 0.25) is 0 Å². The van der Waals surface area contributed by atoms with Crippen LogP contribution in [0.25, 0.3) is 0 Å². The predicted octanol–water partition coefficient (Wildman–Crippen LogP) is 2.31. The summed E-state index contributed by atoms with van der Waals surface area (Å²) < 4.78 is 0. The Hall–Kier alpha value is -0.930. The number of aliphatic hydroxyl groups is 1. The van der Waals surface area contributed by atoms with E-state index in [9.17, 15) is 5.11 Å². The smallest absolute Gasteiger partial charge is 0.0669 e. The number of pyridine rings is 1. The Labute approximate surface area is 109 Å². The van der Waals surface area contributed by atoms with Gasteiger partial charge in [0.05, 0.1) is 6.10 Å². The zero-order valence-electron chi connectivity index (χ0n) is 11.3. The first-order valence-electron chi connectivity index (χ1n) is 6.85. The Morgan fingerprint density at radius 1 is 1.50 bits per heavy atom.